The van der Waals surface area contributed by atoms with Crippen LogP contribution in [0.5, 0.6) is 0 Å². The molecule has 0 saturated carbocycles. The van der Waals surface area contributed by atoms with Crippen molar-refractivity contribution in [1.29, 1.82) is 0 Å². The summed E-state index contributed by atoms with van der Waals surface area (Å²) in [5.74, 6) is 0. The number of aromatic nitrogens is 2. The van der Waals surface area contributed by atoms with E-state index in [1.54, 1.807) is 6.20 Å². The van der Waals surface area contributed by atoms with E-state index in [0.717, 1.165) is 16.7 Å². The van der Waals surface area contributed by atoms with Gasteiger partial charge in [-0.15, -0.1) is 0 Å². The lowest BCUT2D eigenvalue weighted by Crippen LogP contribution is -2.13. The predicted octanol–water partition coefficient (Wildman–Crippen LogP) is 1.91. The highest BCUT2D eigenvalue weighted by atomic mass is 14.9. The number of rotatable bonds is 2. The maximum atomic E-state index is 4.47. The van der Waals surface area contributed by atoms with E-state index in [0.29, 0.717) is 0 Å². The Morgan fingerprint density at radius 1 is 1.29 bits per heavy atom. The molecule has 3 heteroatoms. The second-order valence-electron chi connectivity index (χ2n) is 3.30. The molecule has 1 atom stereocenters. The van der Waals surface area contributed by atoms with Gasteiger partial charge in [0.05, 0.1) is 5.69 Å². The molecular formula is C11H13N3. The first-order valence-electron chi connectivity index (χ1n) is 4.70. The predicted molar refractivity (Wildman–Crippen MR) is 57.0 cm³/mol. The molecule has 0 radical (unpaired) electrons. The van der Waals surface area contributed by atoms with Crippen molar-refractivity contribution in [1.82, 2.24) is 15.3 Å². The zero-order valence-electron chi connectivity index (χ0n) is 8.36. The smallest absolute Gasteiger partial charge is 0.159 e. The average Bonchev–Trinajstić information content (AvgIpc) is 2.27. The highest BCUT2D eigenvalue weighted by molar-refractivity contribution is 5.74. The maximum absolute atomic E-state index is 4.47. The van der Waals surface area contributed by atoms with E-state index < -0.39 is 0 Å². The molecule has 72 valence electrons. The molecule has 0 spiro atoms. The van der Waals surface area contributed by atoms with Crippen molar-refractivity contribution < 1.29 is 0 Å². The summed E-state index contributed by atoms with van der Waals surface area (Å²) < 4.78 is 0. The van der Waals surface area contributed by atoms with Crippen molar-refractivity contribution in [2.45, 2.75) is 13.0 Å². The standard InChI is InChI=1S/C11H13N3/c1-8(12-2)10-6-5-9-4-3-7-13-11(9)14-10/h3-8,12H,1-2H3/t8-/m1/s1. The molecule has 0 fully saturated rings. The van der Waals surface area contributed by atoms with E-state index in [2.05, 4.69) is 28.3 Å². The van der Waals surface area contributed by atoms with E-state index in [1.807, 2.05) is 25.2 Å². The van der Waals surface area contributed by atoms with Crippen LogP contribution in [0.3, 0.4) is 0 Å². The zero-order chi connectivity index (χ0) is 9.97. The van der Waals surface area contributed by atoms with Crippen molar-refractivity contribution in [2.24, 2.45) is 0 Å². The third kappa shape index (κ3) is 1.59. The van der Waals surface area contributed by atoms with Gasteiger partial charge < -0.3 is 5.32 Å². The van der Waals surface area contributed by atoms with Gasteiger partial charge in [-0.3, -0.25) is 0 Å². The minimum Gasteiger partial charge on any atom is -0.312 e. The van der Waals surface area contributed by atoms with Gasteiger partial charge in [0, 0.05) is 17.6 Å². The van der Waals surface area contributed by atoms with E-state index in [4.69, 9.17) is 0 Å². The Hall–Kier alpha value is -1.48. The van der Waals surface area contributed by atoms with Crippen LogP contribution in [0.2, 0.25) is 0 Å². The largest absolute Gasteiger partial charge is 0.312 e. The van der Waals surface area contributed by atoms with Gasteiger partial charge in [-0.1, -0.05) is 0 Å². The van der Waals surface area contributed by atoms with Gasteiger partial charge in [0.1, 0.15) is 0 Å². The molecule has 0 saturated heterocycles. The molecule has 0 aliphatic carbocycles. The first-order chi connectivity index (χ1) is 6.81. The Bertz CT molecular complexity index is 439. The van der Waals surface area contributed by atoms with Crippen molar-refractivity contribution >= 4 is 11.0 Å². The molecule has 0 aromatic carbocycles. The molecule has 0 bridgehead atoms. The van der Waals surface area contributed by atoms with E-state index in [9.17, 15) is 0 Å². The number of nitrogens with one attached hydrogen (secondary N) is 1. The third-order valence-electron chi connectivity index (χ3n) is 2.36. The topological polar surface area (TPSA) is 37.8 Å². The molecular weight excluding hydrogens is 174 g/mol. The van der Waals surface area contributed by atoms with Crippen LogP contribution in [0.4, 0.5) is 0 Å². The average molecular weight is 187 g/mol. The summed E-state index contributed by atoms with van der Waals surface area (Å²) in [7, 11) is 1.93. The summed E-state index contributed by atoms with van der Waals surface area (Å²) in [5, 5.41) is 4.24. The van der Waals surface area contributed by atoms with Gasteiger partial charge in [0.25, 0.3) is 0 Å². The highest BCUT2D eigenvalue weighted by Crippen LogP contribution is 2.13. The van der Waals surface area contributed by atoms with Crippen LogP contribution < -0.4 is 5.32 Å². The van der Waals surface area contributed by atoms with Gasteiger partial charge in [0.2, 0.25) is 0 Å². The summed E-state index contributed by atoms with van der Waals surface area (Å²) in [4.78, 5) is 8.69. The van der Waals surface area contributed by atoms with Crippen LogP contribution in [0.15, 0.2) is 30.5 Å². The summed E-state index contributed by atoms with van der Waals surface area (Å²) in [6.45, 7) is 2.08. The van der Waals surface area contributed by atoms with Crippen molar-refractivity contribution in [3.63, 3.8) is 0 Å². The lowest BCUT2D eigenvalue weighted by atomic mass is 10.2. The summed E-state index contributed by atoms with van der Waals surface area (Å²) in [5.41, 5.74) is 1.84. The van der Waals surface area contributed by atoms with Crippen LogP contribution >= 0.6 is 0 Å². The number of hydrogen-bond donors (Lipinski definition) is 1. The Labute approximate surface area is 83.2 Å². The molecule has 2 rings (SSSR count). The van der Waals surface area contributed by atoms with Crippen molar-refractivity contribution in [3.05, 3.63) is 36.2 Å². The monoisotopic (exact) mass is 187 g/mol. The van der Waals surface area contributed by atoms with E-state index in [1.165, 1.54) is 0 Å². The fourth-order valence-electron chi connectivity index (χ4n) is 1.36. The number of nitrogens with zero attached hydrogens (tertiary/aromatic N) is 2. The van der Waals surface area contributed by atoms with Crippen molar-refractivity contribution in [2.75, 3.05) is 7.05 Å². The minimum absolute atomic E-state index is 0.265. The summed E-state index contributed by atoms with van der Waals surface area (Å²) in [6, 6.07) is 8.29. The molecule has 1 N–H and O–H groups in total. The molecule has 2 aromatic rings. The highest BCUT2D eigenvalue weighted by Gasteiger charge is 2.04. The van der Waals surface area contributed by atoms with Gasteiger partial charge in [-0.2, -0.15) is 0 Å². The fraction of sp³-hybridized carbons (Fsp3) is 0.273. The molecule has 14 heavy (non-hydrogen) atoms. The second-order valence-corrected chi connectivity index (χ2v) is 3.30. The second kappa shape index (κ2) is 3.72. The van der Waals surface area contributed by atoms with Crippen LogP contribution in [-0.2, 0) is 0 Å². The SMILES string of the molecule is CN[C@H](C)c1ccc2cccnc2n1. The van der Waals surface area contributed by atoms with Gasteiger partial charge >= 0.3 is 0 Å². The fourth-order valence-corrected chi connectivity index (χ4v) is 1.36. The number of pyridine rings is 2. The quantitative estimate of drug-likeness (QED) is 0.780. The summed E-state index contributed by atoms with van der Waals surface area (Å²) in [6.07, 6.45) is 1.77. The van der Waals surface area contributed by atoms with Crippen LogP contribution in [-0.4, -0.2) is 17.0 Å². The molecule has 3 nitrogen and oxygen atoms in total. The lowest BCUT2D eigenvalue weighted by molar-refractivity contribution is 0.635. The molecule has 0 amide bonds. The van der Waals surface area contributed by atoms with Gasteiger partial charge in [-0.25, -0.2) is 9.97 Å². The van der Waals surface area contributed by atoms with Crippen molar-refractivity contribution in [3.8, 4) is 0 Å². The number of hydrogen-bond acceptors (Lipinski definition) is 3. The molecule has 0 aliphatic rings. The lowest BCUT2D eigenvalue weighted by Gasteiger charge is -2.09. The minimum atomic E-state index is 0.265. The third-order valence-corrected chi connectivity index (χ3v) is 2.36. The Morgan fingerprint density at radius 3 is 2.93 bits per heavy atom. The van der Waals surface area contributed by atoms with Crippen LogP contribution in [0, 0.1) is 0 Å². The molecule has 2 aromatic heterocycles. The van der Waals surface area contributed by atoms with E-state index >= 15 is 0 Å². The van der Waals surface area contributed by atoms with E-state index in [-0.39, 0.29) is 6.04 Å². The molecule has 2 heterocycles. The van der Waals surface area contributed by atoms with Crippen LogP contribution in [0.25, 0.3) is 11.0 Å². The Kier molecular flexibility index (Phi) is 2.41. The van der Waals surface area contributed by atoms with Gasteiger partial charge in [-0.05, 0) is 38.2 Å². The number of fused-ring (bicyclic) bond motifs is 1. The van der Waals surface area contributed by atoms with Crippen LogP contribution in [0.1, 0.15) is 18.7 Å². The molecule has 0 unspecified atom stereocenters. The summed E-state index contributed by atoms with van der Waals surface area (Å²) >= 11 is 0. The maximum Gasteiger partial charge on any atom is 0.159 e. The first kappa shape index (κ1) is 9.09. The Morgan fingerprint density at radius 2 is 2.14 bits per heavy atom. The normalized spacial score (nSPS) is 13.0. The van der Waals surface area contributed by atoms with Gasteiger partial charge in [0.15, 0.2) is 5.65 Å². The first-order valence-corrected chi connectivity index (χ1v) is 4.70. The Balaban J connectivity index is 2.51. The molecule has 0 aliphatic heterocycles. The zero-order valence-corrected chi connectivity index (χ0v) is 8.36.